The minimum absolute atomic E-state index is 0.200. The third kappa shape index (κ3) is 3.82. The second kappa shape index (κ2) is 9.91. The highest BCUT2D eigenvalue weighted by Crippen LogP contribution is 2.54. The molecule has 0 radical (unpaired) electrons. The van der Waals surface area contributed by atoms with Gasteiger partial charge in [0.1, 0.15) is 17.8 Å². The van der Waals surface area contributed by atoms with Gasteiger partial charge in [-0.1, -0.05) is 115 Å². The van der Waals surface area contributed by atoms with Crippen LogP contribution in [0.5, 0.6) is 0 Å². The van der Waals surface area contributed by atoms with Gasteiger partial charge in [-0.15, -0.1) is 6.58 Å². The van der Waals surface area contributed by atoms with Crippen LogP contribution in [0.15, 0.2) is 134 Å². The van der Waals surface area contributed by atoms with E-state index in [-0.39, 0.29) is 12.6 Å². The minimum Gasteiger partial charge on any atom is -0.456 e. The van der Waals surface area contributed by atoms with Gasteiger partial charge in [0.2, 0.25) is 0 Å². The third-order valence-electron chi connectivity index (χ3n) is 7.17. The van der Waals surface area contributed by atoms with Crippen molar-refractivity contribution in [1.82, 2.24) is 4.57 Å². The normalized spacial score (nSPS) is 12.8. The van der Waals surface area contributed by atoms with E-state index in [1.807, 2.05) is 48.7 Å². The number of ether oxygens (including phenoxy) is 1. The van der Waals surface area contributed by atoms with Crippen molar-refractivity contribution in [3.8, 4) is 11.1 Å². The van der Waals surface area contributed by atoms with E-state index in [1.165, 1.54) is 0 Å². The Bertz CT molecular complexity index is 1560. The molecule has 0 atom stereocenters. The van der Waals surface area contributed by atoms with Crippen LogP contribution in [-0.2, 0) is 16.9 Å². The molecule has 0 saturated heterocycles. The molecule has 0 bridgehead atoms. The Balaban J connectivity index is 1.59. The molecule has 0 saturated carbocycles. The average Bonchev–Trinajstić information content (AvgIpc) is 3.54. The Hall–Kier alpha value is -4.83. The topological polar surface area (TPSA) is 43.3 Å². The van der Waals surface area contributed by atoms with Gasteiger partial charge in [-0.3, -0.25) is 0 Å². The van der Waals surface area contributed by atoms with E-state index in [1.54, 1.807) is 6.08 Å². The van der Waals surface area contributed by atoms with Crippen molar-refractivity contribution < 1.29 is 9.53 Å². The summed E-state index contributed by atoms with van der Waals surface area (Å²) >= 11 is 0. The van der Waals surface area contributed by atoms with Gasteiger partial charge in [0.25, 0.3) is 0 Å². The van der Waals surface area contributed by atoms with Crippen LogP contribution in [0, 0.1) is 0 Å². The number of nitrogens with zero attached hydrogens (tertiary/aromatic N) is 1. The number of benzene rings is 4. The molecule has 1 N–H and O–H groups in total. The van der Waals surface area contributed by atoms with Crippen LogP contribution in [0.3, 0.4) is 0 Å². The Morgan fingerprint density at radius 3 is 2.03 bits per heavy atom. The number of aromatic nitrogens is 1. The number of anilines is 1. The monoisotopic (exact) mass is 496 g/mol. The van der Waals surface area contributed by atoms with Crippen LogP contribution in [0.4, 0.5) is 5.69 Å². The van der Waals surface area contributed by atoms with Crippen molar-refractivity contribution in [3.63, 3.8) is 0 Å². The van der Waals surface area contributed by atoms with Crippen molar-refractivity contribution in [2.75, 3.05) is 11.9 Å². The molecular formula is C34H28N2O2. The van der Waals surface area contributed by atoms with Crippen molar-refractivity contribution in [2.24, 2.45) is 0 Å². The number of carbonyl (C=O) groups excluding carboxylic acids is 1. The van der Waals surface area contributed by atoms with Crippen molar-refractivity contribution >= 4 is 11.7 Å². The first kappa shape index (κ1) is 23.6. The number of hydrogen-bond donors (Lipinski definition) is 1. The molecule has 6 rings (SSSR count). The van der Waals surface area contributed by atoms with E-state index in [0.717, 1.165) is 39.1 Å². The standard InChI is InChI=1S/C34H28N2O2/c1-2-21-35-27-22-32(33(37)38-24-25-13-5-3-6-14-25)36(23-27)34(26-15-7-4-8-16-26)30-19-11-9-17-28(30)29-18-10-12-20-31(29)34/h2-20,22-23,35H,1,21,24H2. The molecule has 1 aliphatic rings. The van der Waals surface area contributed by atoms with E-state index in [2.05, 4.69) is 89.3 Å². The maximum Gasteiger partial charge on any atom is 0.355 e. The number of carbonyl (C=O) groups is 1. The maximum absolute atomic E-state index is 13.8. The van der Waals surface area contributed by atoms with Crippen molar-refractivity contribution in [2.45, 2.75) is 12.1 Å². The predicted molar refractivity (Wildman–Crippen MR) is 152 cm³/mol. The molecule has 4 aromatic carbocycles. The lowest BCUT2D eigenvalue weighted by molar-refractivity contribution is 0.0457. The summed E-state index contributed by atoms with van der Waals surface area (Å²) in [5.41, 5.74) is 7.11. The number of fused-ring (bicyclic) bond motifs is 3. The fourth-order valence-corrected chi connectivity index (χ4v) is 5.58. The predicted octanol–water partition coefficient (Wildman–Crippen LogP) is 7.26. The molecule has 4 nitrogen and oxygen atoms in total. The lowest BCUT2D eigenvalue weighted by atomic mass is 9.80. The summed E-state index contributed by atoms with van der Waals surface area (Å²) in [6, 6.07) is 38.9. The molecule has 1 aliphatic carbocycles. The molecule has 1 heterocycles. The summed E-state index contributed by atoms with van der Waals surface area (Å²) in [5.74, 6) is -0.377. The van der Waals surface area contributed by atoms with Crippen LogP contribution in [-0.4, -0.2) is 17.1 Å². The Kier molecular flexibility index (Phi) is 6.14. The number of hydrogen-bond acceptors (Lipinski definition) is 3. The van der Waals surface area contributed by atoms with Crippen LogP contribution < -0.4 is 5.32 Å². The molecule has 1 aromatic heterocycles. The molecule has 4 heteroatoms. The molecule has 38 heavy (non-hydrogen) atoms. The Morgan fingerprint density at radius 1 is 0.816 bits per heavy atom. The maximum atomic E-state index is 13.8. The summed E-state index contributed by atoms with van der Waals surface area (Å²) < 4.78 is 7.97. The van der Waals surface area contributed by atoms with Crippen molar-refractivity contribution in [1.29, 1.82) is 0 Å². The van der Waals surface area contributed by atoms with E-state index in [0.29, 0.717) is 12.2 Å². The highest BCUT2D eigenvalue weighted by molar-refractivity contribution is 5.91. The minimum atomic E-state index is -0.760. The van der Waals surface area contributed by atoms with Crippen LogP contribution in [0.1, 0.15) is 32.7 Å². The molecule has 0 amide bonds. The van der Waals surface area contributed by atoms with E-state index >= 15 is 0 Å². The molecule has 186 valence electrons. The fraction of sp³-hybridized carbons (Fsp3) is 0.0882. The van der Waals surface area contributed by atoms with Crippen LogP contribution in [0.2, 0.25) is 0 Å². The zero-order valence-electron chi connectivity index (χ0n) is 21.0. The summed E-state index contributed by atoms with van der Waals surface area (Å²) in [5, 5.41) is 3.38. The Labute approximate surface area is 222 Å². The summed E-state index contributed by atoms with van der Waals surface area (Å²) in [7, 11) is 0. The van der Waals surface area contributed by atoms with Gasteiger partial charge < -0.3 is 14.6 Å². The zero-order valence-corrected chi connectivity index (χ0v) is 21.0. The third-order valence-corrected chi connectivity index (χ3v) is 7.17. The first-order chi connectivity index (χ1) is 18.7. The quantitative estimate of drug-likeness (QED) is 0.178. The smallest absolute Gasteiger partial charge is 0.355 e. The van der Waals surface area contributed by atoms with Gasteiger partial charge in [-0.05, 0) is 39.4 Å². The molecular weight excluding hydrogens is 468 g/mol. The van der Waals surface area contributed by atoms with Gasteiger partial charge in [0, 0.05) is 12.7 Å². The molecule has 0 fully saturated rings. The first-order valence-electron chi connectivity index (χ1n) is 12.8. The summed E-state index contributed by atoms with van der Waals surface area (Å²) in [4.78, 5) is 13.8. The van der Waals surface area contributed by atoms with Gasteiger partial charge in [0.15, 0.2) is 0 Å². The largest absolute Gasteiger partial charge is 0.456 e. The SMILES string of the molecule is C=CCNc1cc(C(=O)OCc2ccccc2)n(C2(c3ccccc3)c3ccccc3-c3ccccc32)c1. The highest BCUT2D eigenvalue weighted by Gasteiger charge is 2.47. The first-order valence-corrected chi connectivity index (χ1v) is 12.8. The van der Waals surface area contributed by atoms with Gasteiger partial charge >= 0.3 is 5.97 Å². The van der Waals surface area contributed by atoms with Crippen LogP contribution >= 0.6 is 0 Å². The zero-order chi connectivity index (χ0) is 26.0. The number of esters is 1. The molecule has 0 aliphatic heterocycles. The number of nitrogens with one attached hydrogen (secondary N) is 1. The van der Waals surface area contributed by atoms with Gasteiger partial charge in [-0.2, -0.15) is 0 Å². The Morgan fingerprint density at radius 2 is 1.39 bits per heavy atom. The lowest BCUT2D eigenvalue weighted by Crippen LogP contribution is -2.37. The summed E-state index contributed by atoms with van der Waals surface area (Å²) in [6.45, 7) is 4.62. The van der Waals surface area contributed by atoms with Crippen molar-refractivity contribution in [3.05, 3.63) is 162 Å². The second-order valence-corrected chi connectivity index (χ2v) is 9.38. The average molecular weight is 497 g/mol. The molecule has 0 unspecified atom stereocenters. The highest BCUT2D eigenvalue weighted by atomic mass is 16.5. The fourth-order valence-electron chi connectivity index (χ4n) is 5.58. The van der Waals surface area contributed by atoms with E-state index in [4.69, 9.17) is 4.74 Å². The number of rotatable bonds is 8. The summed E-state index contributed by atoms with van der Waals surface area (Å²) in [6.07, 6.45) is 3.83. The lowest BCUT2D eigenvalue weighted by Gasteiger charge is -2.36. The van der Waals surface area contributed by atoms with E-state index < -0.39 is 5.54 Å². The molecule has 0 spiro atoms. The second-order valence-electron chi connectivity index (χ2n) is 9.38. The van der Waals surface area contributed by atoms with Crippen LogP contribution in [0.25, 0.3) is 11.1 Å². The molecule has 5 aromatic rings. The van der Waals surface area contributed by atoms with Gasteiger partial charge in [-0.25, -0.2) is 4.79 Å². The van der Waals surface area contributed by atoms with E-state index in [9.17, 15) is 4.79 Å². The van der Waals surface area contributed by atoms with Gasteiger partial charge in [0.05, 0.1) is 5.69 Å².